The van der Waals surface area contributed by atoms with Gasteiger partial charge in [0.15, 0.2) is 0 Å². The Labute approximate surface area is 90.8 Å². The first-order chi connectivity index (χ1) is 6.45. The number of benzene rings is 1. The first-order valence-corrected chi connectivity index (χ1v) is 4.90. The van der Waals surface area contributed by atoms with Gasteiger partial charge in [-0.1, -0.05) is 15.9 Å². The third-order valence-electron chi connectivity index (χ3n) is 1.96. The molecule has 2 nitrogen and oxygen atoms in total. The van der Waals surface area contributed by atoms with E-state index in [9.17, 15) is 9.18 Å². The van der Waals surface area contributed by atoms with Crippen molar-refractivity contribution in [2.75, 3.05) is 14.1 Å². The molecule has 0 saturated heterocycles. The zero-order chi connectivity index (χ0) is 10.9. The van der Waals surface area contributed by atoms with Crippen molar-refractivity contribution in [3.05, 3.63) is 33.5 Å². The second-order valence-electron chi connectivity index (χ2n) is 3.23. The highest BCUT2D eigenvalue weighted by molar-refractivity contribution is 9.10. The summed E-state index contributed by atoms with van der Waals surface area (Å²) in [5.41, 5.74) is 0.563. The maximum atomic E-state index is 13.6. The van der Waals surface area contributed by atoms with Gasteiger partial charge in [-0.3, -0.25) is 4.79 Å². The van der Waals surface area contributed by atoms with Crippen molar-refractivity contribution in [2.24, 2.45) is 0 Å². The van der Waals surface area contributed by atoms with Crippen LogP contribution in [0.4, 0.5) is 4.39 Å². The van der Waals surface area contributed by atoms with E-state index in [1.54, 1.807) is 27.1 Å². The van der Waals surface area contributed by atoms with E-state index in [2.05, 4.69) is 15.9 Å². The molecular formula is C10H11BrFNO. The highest BCUT2D eigenvalue weighted by atomic mass is 79.9. The first-order valence-electron chi connectivity index (χ1n) is 4.11. The lowest BCUT2D eigenvalue weighted by atomic mass is 10.1. The summed E-state index contributed by atoms with van der Waals surface area (Å²) >= 11 is 3.20. The van der Waals surface area contributed by atoms with E-state index in [0.29, 0.717) is 10.0 Å². The molecule has 0 radical (unpaired) electrons. The minimum absolute atomic E-state index is 0.107. The molecule has 0 aliphatic heterocycles. The van der Waals surface area contributed by atoms with E-state index < -0.39 is 5.82 Å². The molecule has 0 heterocycles. The Balaban J connectivity index is 3.24. The molecule has 0 aliphatic carbocycles. The van der Waals surface area contributed by atoms with Gasteiger partial charge in [-0.05, 0) is 24.6 Å². The Morgan fingerprint density at radius 1 is 1.43 bits per heavy atom. The van der Waals surface area contributed by atoms with E-state index in [-0.39, 0.29) is 11.5 Å². The van der Waals surface area contributed by atoms with Gasteiger partial charge < -0.3 is 4.90 Å². The minimum atomic E-state index is -0.460. The van der Waals surface area contributed by atoms with E-state index in [4.69, 9.17) is 0 Å². The van der Waals surface area contributed by atoms with Crippen LogP contribution in [-0.2, 0) is 0 Å². The van der Waals surface area contributed by atoms with Crippen LogP contribution in [0, 0.1) is 12.7 Å². The van der Waals surface area contributed by atoms with E-state index in [0.717, 1.165) is 0 Å². The van der Waals surface area contributed by atoms with Crippen molar-refractivity contribution in [1.29, 1.82) is 0 Å². The molecule has 0 N–H and O–H groups in total. The summed E-state index contributed by atoms with van der Waals surface area (Å²) in [7, 11) is 3.19. The molecule has 4 heteroatoms. The van der Waals surface area contributed by atoms with Gasteiger partial charge in [-0.25, -0.2) is 4.39 Å². The van der Waals surface area contributed by atoms with Crippen LogP contribution in [0.5, 0.6) is 0 Å². The van der Waals surface area contributed by atoms with Crippen molar-refractivity contribution >= 4 is 21.8 Å². The molecule has 14 heavy (non-hydrogen) atoms. The summed E-state index contributed by atoms with van der Waals surface area (Å²) in [6.45, 7) is 1.63. The van der Waals surface area contributed by atoms with Gasteiger partial charge in [0.05, 0.1) is 5.56 Å². The Bertz CT molecular complexity index is 377. The summed E-state index contributed by atoms with van der Waals surface area (Å²) < 4.78 is 14.3. The molecule has 0 spiro atoms. The van der Waals surface area contributed by atoms with Gasteiger partial charge in [0.25, 0.3) is 5.91 Å². The zero-order valence-electron chi connectivity index (χ0n) is 8.27. The largest absolute Gasteiger partial charge is 0.345 e. The molecule has 1 amide bonds. The van der Waals surface area contributed by atoms with Gasteiger partial charge in [-0.15, -0.1) is 0 Å². The molecule has 76 valence electrons. The fourth-order valence-corrected chi connectivity index (χ4v) is 1.37. The van der Waals surface area contributed by atoms with Gasteiger partial charge in [0, 0.05) is 18.6 Å². The van der Waals surface area contributed by atoms with Gasteiger partial charge in [0.1, 0.15) is 5.82 Å². The van der Waals surface area contributed by atoms with Crippen molar-refractivity contribution in [2.45, 2.75) is 6.92 Å². The van der Waals surface area contributed by atoms with E-state index >= 15 is 0 Å². The molecule has 0 atom stereocenters. The fraction of sp³-hybridized carbons (Fsp3) is 0.300. The normalized spacial score (nSPS) is 10.1. The Kier molecular flexibility index (Phi) is 3.26. The Hall–Kier alpha value is -0.900. The maximum Gasteiger partial charge on any atom is 0.256 e. The summed E-state index contributed by atoms with van der Waals surface area (Å²) in [4.78, 5) is 12.9. The van der Waals surface area contributed by atoms with Gasteiger partial charge in [0.2, 0.25) is 0 Å². The molecule has 0 aliphatic rings. The molecule has 0 aromatic heterocycles. The monoisotopic (exact) mass is 259 g/mol. The van der Waals surface area contributed by atoms with Crippen molar-refractivity contribution in [3.8, 4) is 0 Å². The van der Waals surface area contributed by atoms with E-state index in [1.807, 2.05) is 0 Å². The topological polar surface area (TPSA) is 20.3 Å². The van der Waals surface area contributed by atoms with Crippen molar-refractivity contribution in [3.63, 3.8) is 0 Å². The standard InChI is InChI=1S/C10H11BrFNO/c1-6-8(11)5-4-7(9(6)12)10(14)13(2)3/h4-5H,1-3H3. The fourth-order valence-electron chi connectivity index (χ4n) is 1.07. The van der Waals surface area contributed by atoms with Crippen LogP contribution >= 0.6 is 15.9 Å². The highest BCUT2D eigenvalue weighted by Crippen LogP contribution is 2.22. The van der Waals surface area contributed by atoms with Crippen LogP contribution < -0.4 is 0 Å². The number of carbonyl (C=O) groups is 1. The number of hydrogen-bond donors (Lipinski definition) is 0. The number of amides is 1. The lowest BCUT2D eigenvalue weighted by Gasteiger charge is -2.12. The zero-order valence-corrected chi connectivity index (χ0v) is 9.85. The molecule has 0 saturated carbocycles. The number of rotatable bonds is 1. The predicted molar refractivity (Wildman–Crippen MR) is 56.9 cm³/mol. The molecule has 0 fully saturated rings. The average Bonchev–Trinajstić information content (AvgIpc) is 2.13. The molecular weight excluding hydrogens is 249 g/mol. The van der Waals surface area contributed by atoms with Crippen LogP contribution in [0.2, 0.25) is 0 Å². The SMILES string of the molecule is Cc1c(Br)ccc(C(=O)N(C)C)c1F. The van der Waals surface area contributed by atoms with Crippen LogP contribution in [-0.4, -0.2) is 24.9 Å². The van der Waals surface area contributed by atoms with Crippen LogP contribution in [0.25, 0.3) is 0 Å². The second kappa shape index (κ2) is 4.09. The van der Waals surface area contributed by atoms with Crippen LogP contribution in [0.3, 0.4) is 0 Å². The molecule has 1 aromatic rings. The maximum absolute atomic E-state index is 13.6. The Morgan fingerprint density at radius 3 is 2.50 bits per heavy atom. The third-order valence-corrected chi connectivity index (χ3v) is 2.82. The third kappa shape index (κ3) is 1.95. The predicted octanol–water partition coefficient (Wildman–Crippen LogP) is 2.60. The van der Waals surface area contributed by atoms with E-state index in [1.165, 1.54) is 11.0 Å². The second-order valence-corrected chi connectivity index (χ2v) is 4.09. The molecule has 0 bridgehead atoms. The molecule has 1 rings (SSSR count). The minimum Gasteiger partial charge on any atom is -0.345 e. The van der Waals surface area contributed by atoms with Crippen molar-refractivity contribution in [1.82, 2.24) is 4.90 Å². The number of hydrogen-bond acceptors (Lipinski definition) is 1. The Morgan fingerprint density at radius 2 is 2.00 bits per heavy atom. The molecule has 0 unspecified atom stereocenters. The number of carbonyl (C=O) groups excluding carboxylic acids is 1. The lowest BCUT2D eigenvalue weighted by molar-refractivity contribution is 0.0823. The van der Waals surface area contributed by atoms with Crippen LogP contribution in [0.15, 0.2) is 16.6 Å². The molecule has 1 aromatic carbocycles. The highest BCUT2D eigenvalue weighted by Gasteiger charge is 2.16. The summed E-state index contributed by atoms with van der Waals surface area (Å²) in [5.74, 6) is -0.781. The average molecular weight is 260 g/mol. The smallest absolute Gasteiger partial charge is 0.256 e. The van der Waals surface area contributed by atoms with Gasteiger partial charge >= 0.3 is 0 Å². The summed E-state index contributed by atoms with van der Waals surface area (Å²) in [6, 6.07) is 3.16. The summed E-state index contributed by atoms with van der Waals surface area (Å²) in [6.07, 6.45) is 0. The van der Waals surface area contributed by atoms with Crippen molar-refractivity contribution < 1.29 is 9.18 Å². The van der Waals surface area contributed by atoms with Crippen LogP contribution in [0.1, 0.15) is 15.9 Å². The quantitative estimate of drug-likeness (QED) is 0.760. The first kappa shape index (κ1) is 11.2. The lowest BCUT2D eigenvalue weighted by Crippen LogP contribution is -2.23. The number of halogens is 2. The summed E-state index contributed by atoms with van der Waals surface area (Å²) in [5, 5.41) is 0. The van der Waals surface area contributed by atoms with Gasteiger partial charge in [-0.2, -0.15) is 0 Å². The number of nitrogens with zero attached hydrogens (tertiary/aromatic N) is 1.